The minimum absolute atomic E-state index is 0.0834. The van der Waals surface area contributed by atoms with Crippen LogP contribution in [0, 0.1) is 11.6 Å². The van der Waals surface area contributed by atoms with E-state index in [1.807, 2.05) is 4.68 Å². The normalized spacial score (nSPS) is 16.7. The summed E-state index contributed by atoms with van der Waals surface area (Å²) in [6.07, 6.45) is 11.1. The molecule has 3 aromatic rings. The van der Waals surface area contributed by atoms with Crippen LogP contribution in [0.15, 0.2) is 49.1 Å². The lowest BCUT2D eigenvalue weighted by Crippen LogP contribution is -2.50. The van der Waals surface area contributed by atoms with Crippen molar-refractivity contribution in [2.45, 2.75) is 31.5 Å². The summed E-state index contributed by atoms with van der Waals surface area (Å²) < 4.78 is 36.2. The molecule has 2 aromatic heterocycles. The van der Waals surface area contributed by atoms with E-state index >= 15 is 0 Å². The summed E-state index contributed by atoms with van der Waals surface area (Å²) in [4.78, 5) is 18.5. The van der Waals surface area contributed by atoms with Crippen LogP contribution in [0.3, 0.4) is 0 Å². The molecule has 5 rings (SSSR count). The van der Waals surface area contributed by atoms with E-state index in [2.05, 4.69) is 20.3 Å². The minimum Gasteiger partial charge on any atom is -0.379 e. The number of pyridine rings is 1. The summed E-state index contributed by atoms with van der Waals surface area (Å²) in [6.45, 7) is 2.26. The molecule has 2 fully saturated rings. The molecule has 1 aliphatic carbocycles. The van der Waals surface area contributed by atoms with Gasteiger partial charge in [-0.1, -0.05) is 6.07 Å². The van der Waals surface area contributed by atoms with Gasteiger partial charge in [0.1, 0.15) is 11.6 Å². The standard InChI is InChI=1S/C25H25F2N5O2/c1-34-20-14-31(15-20)12-16-2-6-23(21(26)8-16)30-24(33)7-3-17-9-28-11-22(27)25(17)18-10-29-32(13-18)19-4-5-19/h2-3,6-11,13,19-20H,4-5,12,14-15H2,1H3,(H,30,33)/b7-3+. The Balaban J connectivity index is 1.25. The van der Waals surface area contributed by atoms with Gasteiger partial charge in [0.2, 0.25) is 5.91 Å². The zero-order chi connectivity index (χ0) is 23.7. The van der Waals surface area contributed by atoms with Gasteiger partial charge in [-0.25, -0.2) is 8.78 Å². The lowest BCUT2D eigenvalue weighted by Gasteiger charge is -2.38. The Morgan fingerprint density at radius 2 is 2.03 bits per heavy atom. The number of carbonyl (C=O) groups excluding carboxylic acids is 1. The second kappa shape index (κ2) is 9.44. The summed E-state index contributed by atoms with van der Waals surface area (Å²) in [5.41, 5.74) is 2.28. The zero-order valence-electron chi connectivity index (χ0n) is 18.7. The van der Waals surface area contributed by atoms with Gasteiger partial charge in [0.25, 0.3) is 0 Å². The van der Waals surface area contributed by atoms with Crippen molar-refractivity contribution in [3.63, 3.8) is 0 Å². The number of likely N-dealkylation sites (tertiary alicyclic amines) is 1. The molecule has 0 atom stereocenters. The highest BCUT2D eigenvalue weighted by Crippen LogP contribution is 2.36. The third-order valence-electron chi connectivity index (χ3n) is 6.11. The van der Waals surface area contributed by atoms with Crippen molar-refractivity contribution in [1.82, 2.24) is 19.7 Å². The predicted octanol–water partition coefficient (Wildman–Crippen LogP) is 4.04. The van der Waals surface area contributed by atoms with Gasteiger partial charge in [-0.3, -0.25) is 19.4 Å². The molecule has 0 spiro atoms. The van der Waals surface area contributed by atoms with Crippen LogP contribution in [0.25, 0.3) is 17.2 Å². The van der Waals surface area contributed by atoms with Crippen LogP contribution in [-0.4, -0.2) is 51.9 Å². The lowest BCUT2D eigenvalue weighted by atomic mass is 10.0. The molecule has 1 saturated heterocycles. The number of rotatable bonds is 8. The van der Waals surface area contributed by atoms with Crippen LogP contribution in [0.2, 0.25) is 0 Å². The Bertz CT molecular complexity index is 1230. The van der Waals surface area contributed by atoms with Crippen LogP contribution in [0.1, 0.15) is 30.0 Å². The van der Waals surface area contributed by atoms with E-state index in [1.165, 1.54) is 24.4 Å². The molecule has 1 saturated carbocycles. The maximum Gasteiger partial charge on any atom is 0.248 e. The number of nitrogens with zero attached hydrogens (tertiary/aromatic N) is 4. The third-order valence-corrected chi connectivity index (χ3v) is 6.11. The van der Waals surface area contributed by atoms with Crippen molar-refractivity contribution in [2.24, 2.45) is 0 Å². The number of nitrogens with one attached hydrogen (secondary N) is 1. The van der Waals surface area contributed by atoms with Crippen molar-refractivity contribution in [3.05, 3.63) is 71.8 Å². The number of methoxy groups -OCH3 is 1. The number of carbonyl (C=O) groups is 1. The molecule has 1 N–H and O–H groups in total. The number of anilines is 1. The van der Waals surface area contributed by atoms with Crippen LogP contribution in [0.5, 0.6) is 0 Å². The summed E-state index contributed by atoms with van der Waals surface area (Å²) in [7, 11) is 1.68. The van der Waals surface area contributed by atoms with Gasteiger partial charge in [-0.05, 0) is 36.6 Å². The fraction of sp³-hybridized carbons (Fsp3) is 0.320. The molecule has 176 valence electrons. The van der Waals surface area contributed by atoms with E-state index in [0.717, 1.165) is 37.7 Å². The molecule has 34 heavy (non-hydrogen) atoms. The van der Waals surface area contributed by atoms with Crippen molar-refractivity contribution in [1.29, 1.82) is 0 Å². The number of aromatic nitrogens is 3. The van der Waals surface area contributed by atoms with Gasteiger partial charge in [-0.15, -0.1) is 0 Å². The molecule has 0 radical (unpaired) electrons. The number of hydrogen-bond donors (Lipinski definition) is 1. The van der Waals surface area contributed by atoms with Crippen molar-refractivity contribution in [2.75, 3.05) is 25.5 Å². The topological polar surface area (TPSA) is 72.3 Å². The highest BCUT2D eigenvalue weighted by molar-refractivity contribution is 6.02. The fourth-order valence-corrected chi connectivity index (χ4v) is 4.04. The lowest BCUT2D eigenvalue weighted by molar-refractivity contribution is -0.111. The maximum absolute atomic E-state index is 14.6. The van der Waals surface area contributed by atoms with Crippen molar-refractivity contribution < 1.29 is 18.3 Å². The second-order valence-electron chi connectivity index (χ2n) is 8.71. The van der Waals surface area contributed by atoms with Gasteiger partial charge < -0.3 is 10.1 Å². The molecule has 1 aliphatic heterocycles. The predicted molar refractivity (Wildman–Crippen MR) is 124 cm³/mol. The van der Waals surface area contributed by atoms with Crippen molar-refractivity contribution in [3.8, 4) is 11.1 Å². The van der Waals surface area contributed by atoms with E-state index in [0.29, 0.717) is 29.3 Å². The quantitative estimate of drug-likeness (QED) is 0.509. The molecule has 0 unspecified atom stereocenters. The van der Waals surface area contributed by atoms with Gasteiger partial charge >= 0.3 is 0 Å². The summed E-state index contributed by atoms with van der Waals surface area (Å²) in [6, 6.07) is 5.13. The molecule has 2 aliphatic rings. The molecule has 9 heteroatoms. The summed E-state index contributed by atoms with van der Waals surface area (Å²) in [5.74, 6) is -1.54. The molecule has 1 aromatic carbocycles. The van der Waals surface area contributed by atoms with Gasteiger partial charge in [0, 0.05) is 61.9 Å². The van der Waals surface area contributed by atoms with Crippen LogP contribution < -0.4 is 5.32 Å². The molecule has 7 nitrogen and oxygen atoms in total. The van der Waals surface area contributed by atoms with Crippen LogP contribution in [0.4, 0.5) is 14.5 Å². The average molecular weight is 466 g/mol. The van der Waals surface area contributed by atoms with E-state index in [-0.39, 0.29) is 11.8 Å². The number of halogens is 2. The number of ether oxygens (including phenoxy) is 1. The first-order valence-corrected chi connectivity index (χ1v) is 11.2. The van der Waals surface area contributed by atoms with E-state index in [4.69, 9.17) is 4.74 Å². The Morgan fingerprint density at radius 1 is 1.21 bits per heavy atom. The third kappa shape index (κ3) is 4.90. The smallest absolute Gasteiger partial charge is 0.248 e. The Labute approximate surface area is 196 Å². The van der Waals surface area contributed by atoms with Crippen molar-refractivity contribution >= 4 is 17.7 Å². The SMILES string of the molecule is COC1CN(Cc2ccc(NC(=O)/C=C/c3cncc(F)c3-c3cnn(C4CC4)c3)c(F)c2)C1. The average Bonchev–Trinajstić information content (AvgIpc) is 3.53. The molecular formula is C25H25F2N5O2. The largest absolute Gasteiger partial charge is 0.379 e. The summed E-state index contributed by atoms with van der Waals surface area (Å²) in [5, 5.41) is 6.86. The molecular weight excluding hydrogens is 440 g/mol. The number of amides is 1. The first-order chi connectivity index (χ1) is 16.5. The second-order valence-corrected chi connectivity index (χ2v) is 8.71. The Kier molecular flexibility index (Phi) is 6.21. The fourth-order valence-electron chi connectivity index (χ4n) is 4.04. The van der Waals surface area contributed by atoms with E-state index in [9.17, 15) is 13.6 Å². The summed E-state index contributed by atoms with van der Waals surface area (Å²) >= 11 is 0. The van der Waals surface area contributed by atoms with Gasteiger partial charge in [-0.2, -0.15) is 5.10 Å². The highest BCUT2D eigenvalue weighted by atomic mass is 19.1. The maximum atomic E-state index is 14.6. The molecule has 3 heterocycles. The Hall–Kier alpha value is -3.43. The van der Waals surface area contributed by atoms with E-state index in [1.54, 1.807) is 31.6 Å². The minimum atomic E-state index is -0.527. The van der Waals surface area contributed by atoms with Crippen LogP contribution in [-0.2, 0) is 16.1 Å². The number of hydrogen-bond acceptors (Lipinski definition) is 5. The highest BCUT2D eigenvalue weighted by Gasteiger charge is 2.26. The zero-order valence-corrected chi connectivity index (χ0v) is 18.7. The monoisotopic (exact) mass is 465 g/mol. The number of benzene rings is 1. The van der Waals surface area contributed by atoms with E-state index < -0.39 is 17.5 Å². The van der Waals surface area contributed by atoms with Gasteiger partial charge in [0.05, 0.1) is 30.2 Å². The first kappa shape index (κ1) is 22.4. The molecule has 0 bridgehead atoms. The Morgan fingerprint density at radius 3 is 2.76 bits per heavy atom. The first-order valence-electron chi connectivity index (χ1n) is 11.2. The molecule has 1 amide bonds. The van der Waals surface area contributed by atoms with Crippen LogP contribution >= 0.6 is 0 Å². The van der Waals surface area contributed by atoms with Gasteiger partial charge in [0.15, 0.2) is 0 Å².